The number of fused-ring (bicyclic) bond motifs is 1. The highest BCUT2D eigenvalue weighted by Gasteiger charge is 2.53. The number of hydrogen-bond acceptors (Lipinski definition) is 4. The Kier molecular flexibility index (Phi) is 3.95. The Bertz CT molecular complexity index is 828. The van der Waals surface area contributed by atoms with Gasteiger partial charge in [-0.25, -0.2) is 4.98 Å². The van der Waals surface area contributed by atoms with Crippen molar-refractivity contribution >= 4 is 5.91 Å². The van der Waals surface area contributed by atoms with E-state index in [0.717, 1.165) is 11.8 Å². The largest absolute Gasteiger partial charge is 0.434 e. The molecule has 2 fully saturated rings. The zero-order chi connectivity index (χ0) is 18.4. The van der Waals surface area contributed by atoms with Gasteiger partial charge in [0.05, 0.1) is 25.6 Å². The van der Waals surface area contributed by atoms with Crippen LogP contribution in [0.2, 0.25) is 0 Å². The molecular weight excluding hydrogens is 347 g/mol. The molecule has 0 unspecified atom stereocenters. The molecule has 2 atom stereocenters. The average molecular weight is 363 g/mol. The second kappa shape index (κ2) is 6.05. The van der Waals surface area contributed by atoms with Crippen molar-refractivity contribution in [3.8, 4) is 0 Å². The number of ether oxygens (including phenoxy) is 1. The van der Waals surface area contributed by atoms with Crippen LogP contribution in [0, 0.1) is 5.92 Å². The van der Waals surface area contributed by atoms with Gasteiger partial charge in [-0.1, -0.05) is 30.3 Å². The van der Waals surface area contributed by atoms with E-state index in [1.807, 2.05) is 30.3 Å². The first-order chi connectivity index (χ1) is 12.4. The topological polar surface area (TPSA) is 55.3 Å². The van der Waals surface area contributed by atoms with Crippen molar-refractivity contribution in [1.29, 1.82) is 0 Å². The van der Waals surface area contributed by atoms with Crippen molar-refractivity contribution in [2.45, 2.75) is 11.6 Å². The molecule has 0 saturated carbocycles. The highest BCUT2D eigenvalue weighted by Crippen LogP contribution is 2.44. The van der Waals surface area contributed by atoms with Crippen molar-refractivity contribution in [3.05, 3.63) is 59.7 Å². The van der Waals surface area contributed by atoms with E-state index in [1.54, 1.807) is 4.90 Å². The molecule has 2 aliphatic rings. The zero-order valence-electron chi connectivity index (χ0n) is 13.7. The number of aromatic nitrogens is 2. The van der Waals surface area contributed by atoms with Gasteiger partial charge in [0.15, 0.2) is 5.69 Å². The Labute approximate surface area is 147 Å². The SMILES string of the molecule is O=C(c1cncc(C(F)(F)F)n1)N1C[C@@H]2COC[C@]2(c2ccccc2)C1. The van der Waals surface area contributed by atoms with E-state index >= 15 is 0 Å². The fourth-order valence-corrected chi connectivity index (χ4v) is 3.84. The smallest absolute Gasteiger partial charge is 0.380 e. The predicted molar refractivity (Wildman–Crippen MR) is 85.4 cm³/mol. The molecule has 1 amide bonds. The van der Waals surface area contributed by atoms with E-state index in [2.05, 4.69) is 9.97 Å². The fourth-order valence-electron chi connectivity index (χ4n) is 3.84. The average Bonchev–Trinajstić information content (AvgIpc) is 3.19. The Morgan fingerprint density at radius 1 is 1.23 bits per heavy atom. The maximum absolute atomic E-state index is 12.8. The molecule has 0 spiro atoms. The molecule has 3 heterocycles. The molecule has 4 rings (SSSR count). The first-order valence-electron chi connectivity index (χ1n) is 8.22. The van der Waals surface area contributed by atoms with Gasteiger partial charge in [0, 0.05) is 24.4 Å². The lowest BCUT2D eigenvalue weighted by Gasteiger charge is -2.27. The molecule has 0 bridgehead atoms. The summed E-state index contributed by atoms with van der Waals surface area (Å²) >= 11 is 0. The van der Waals surface area contributed by atoms with Gasteiger partial charge in [0.2, 0.25) is 0 Å². The Hall–Kier alpha value is -2.48. The third kappa shape index (κ3) is 2.74. The summed E-state index contributed by atoms with van der Waals surface area (Å²) in [5.41, 5.74) is -0.702. The summed E-state index contributed by atoms with van der Waals surface area (Å²) in [4.78, 5) is 21.3. The summed E-state index contributed by atoms with van der Waals surface area (Å²) in [5, 5.41) is 0. The van der Waals surface area contributed by atoms with E-state index in [9.17, 15) is 18.0 Å². The van der Waals surface area contributed by atoms with Crippen LogP contribution in [0.25, 0.3) is 0 Å². The third-order valence-corrected chi connectivity index (χ3v) is 5.15. The number of rotatable bonds is 2. The first kappa shape index (κ1) is 17.0. The van der Waals surface area contributed by atoms with Crippen molar-refractivity contribution in [2.24, 2.45) is 5.92 Å². The second-order valence-electron chi connectivity index (χ2n) is 6.71. The predicted octanol–water partition coefficient (Wildman–Crippen LogP) is 2.54. The van der Waals surface area contributed by atoms with Gasteiger partial charge in [-0.05, 0) is 5.56 Å². The van der Waals surface area contributed by atoms with Crippen LogP contribution in [-0.2, 0) is 16.3 Å². The maximum Gasteiger partial charge on any atom is 0.434 e. The standard InChI is InChI=1S/C18H16F3N3O2/c19-18(20,21)15-7-22-6-14(23-15)16(25)24-8-13-9-26-11-17(13,10-24)12-4-2-1-3-5-12/h1-7,13H,8-11H2/t13-,17+/m1/s1. The van der Waals surface area contributed by atoms with Gasteiger partial charge in [-0.15, -0.1) is 0 Å². The maximum atomic E-state index is 12.8. The molecule has 26 heavy (non-hydrogen) atoms. The summed E-state index contributed by atoms with van der Waals surface area (Å²) in [7, 11) is 0. The molecule has 2 aliphatic heterocycles. The number of hydrogen-bond donors (Lipinski definition) is 0. The minimum atomic E-state index is -4.64. The number of likely N-dealkylation sites (tertiary alicyclic amines) is 1. The molecule has 8 heteroatoms. The summed E-state index contributed by atoms with van der Waals surface area (Å²) in [6.45, 7) is 1.82. The summed E-state index contributed by atoms with van der Waals surface area (Å²) in [5.74, 6) is -0.430. The number of nitrogens with zero attached hydrogens (tertiary/aromatic N) is 3. The van der Waals surface area contributed by atoms with E-state index in [-0.39, 0.29) is 17.0 Å². The lowest BCUT2D eigenvalue weighted by atomic mass is 9.75. The first-order valence-corrected chi connectivity index (χ1v) is 8.22. The highest BCUT2D eigenvalue weighted by atomic mass is 19.4. The van der Waals surface area contributed by atoms with Crippen LogP contribution in [0.5, 0.6) is 0 Å². The highest BCUT2D eigenvalue weighted by molar-refractivity contribution is 5.92. The lowest BCUT2D eigenvalue weighted by molar-refractivity contribution is -0.141. The van der Waals surface area contributed by atoms with Crippen LogP contribution in [0.15, 0.2) is 42.7 Å². The molecule has 1 aromatic carbocycles. The summed E-state index contributed by atoms with van der Waals surface area (Å²) < 4.78 is 44.2. The van der Waals surface area contributed by atoms with Crippen LogP contribution >= 0.6 is 0 Å². The van der Waals surface area contributed by atoms with Crippen LogP contribution in [0.4, 0.5) is 13.2 Å². The minimum absolute atomic E-state index is 0.104. The van der Waals surface area contributed by atoms with Crippen LogP contribution in [0.3, 0.4) is 0 Å². The zero-order valence-corrected chi connectivity index (χ0v) is 13.7. The number of alkyl halides is 3. The van der Waals surface area contributed by atoms with Crippen molar-refractivity contribution in [1.82, 2.24) is 14.9 Å². The number of halogens is 3. The molecule has 2 saturated heterocycles. The van der Waals surface area contributed by atoms with Gasteiger partial charge in [0.1, 0.15) is 5.69 Å². The Morgan fingerprint density at radius 3 is 2.73 bits per heavy atom. The van der Waals surface area contributed by atoms with E-state index in [0.29, 0.717) is 32.5 Å². The minimum Gasteiger partial charge on any atom is -0.380 e. The quantitative estimate of drug-likeness (QED) is 0.823. The van der Waals surface area contributed by atoms with E-state index < -0.39 is 17.8 Å². The fraction of sp³-hybridized carbons (Fsp3) is 0.389. The normalized spacial score (nSPS) is 25.3. The van der Waals surface area contributed by atoms with Gasteiger partial charge >= 0.3 is 6.18 Å². The molecule has 0 radical (unpaired) electrons. The Morgan fingerprint density at radius 2 is 2.00 bits per heavy atom. The monoisotopic (exact) mass is 363 g/mol. The van der Waals surface area contributed by atoms with Gasteiger partial charge < -0.3 is 9.64 Å². The van der Waals surface area contributed by atoms with Crippen molar-refractivity contribution in [3.63, 3.8) is 0 Å². The summed E-state index contributed by atoms with van der Waals surface area (Å²) in [6, 6.07) is 9.78. The molecule has 0 aliphatic carbocycles. The van der Waals surface area contributed by atoms with Crippen LogP contribution < -0.4 is 0 Å². The molecule has 5 nitrogen and oxygen atoms in total. The van der Waals surface area contributed by atoms with Crippen molar-refractivity contribution < 1.29 is 22.7 Å². The molecule has 1 aromatic heterocycles. The summed E-state index contributed by atoms with van der Waals surface area (Å²) in [6.07, 6.45) is -2.93. The van der Waals surface area contributed by atoms with Crippen LogP contribution in [-0.4, -0.2) is 47.1 Å². The second-order valence-corrected chi connectivity index (χ2v) is 6.71. The van der Waals surface area contributed by atoms with Crippen LogP contribution in [0.1, 0.15) is 21.7 Å². The lowest BCUT2D eigenvalue weighted by Crippen LogP contribution is -2.37. The van der Waals surface area contributed by atoms with Gasteiger partial charge in [-0.3, -0.25) is 9.78 Å². The molecule has 136 valence electrons. The number of amides is 1. The molecule has 2 aromatic rings. The van der Waals surface area contributed by atoms with Gasteiger partial charge in [0.25, 0.3) is 5.91 Å². The van der Waals surface area contributed by atoms with E-state index in [1.165, 1.54) is 0 Å². The number of carbonyl (C=O) groups excluding carboxylic acids is 1. The molecular formula is C18H16F3N3O2. The molecule has 0 N–H and O–H groups in total. The van der Waals surface area contributed by atoms with Crippen molar-refractivity contribution in [2.75, 3.05) is 26.3 Å². The number of benzene rings is 1. The third-order valence-electron chi connectivity index (χ3n) is 5.15. The van der Waals surface area contributed by atoms with E-state index in [4.69, 9.17) is 4.74 Å². The number of carbonyl (C=O) groups is 1. The Balaban J connectivity index is 1.62. The van der Waals surface area contributed by atoms with Gasteiger partial charge in [-0.2, -0.15) is 13.2 Å².